The van der Waals surface area contributed by atoms with E-state index in [4.69, 9.17) is 0 Å². The number of ketones is 1. The summed E-state index contributed by atoms with van der Waals surface area (Å²) in [6, 6.07) is 21.4. The number of hydrogen-bond acceptors (Lipinski definition) is 4. The summed E-state index contributed by atoms with van der Waals surface area (Å²) in [6.07, 6.45) is 2.11. The number of hydrogen-bond donors (Lipinski definition) is 1. The van der Waals surface area contributed by atoms with Crippen molar-refractivity contribution in [3.8, 4) is 5.75 Å². The van der Waals surface area contributed by atoms with E-state index in [-0.39, 0.29) is 11.5 Å². The molecule has 0 fully saturated rings. The maximum atomic E-state index is 12.5. The summed E-state index contributed by atoms with van der Waals surface area (Å²) < 4.78 is 42.1. The van der Waals surface area contributed by atoms with E-state index in [0.29, 0.717) is 17.5 Å². The van der Waals surface area contributed by atoms with E-state index in [1.54, 1.807) is 13.0 Å². The minimum absolute atomic E-state index is 0.0549. The molecule has 1 N–H and O–H groups in total. The fourth-order valence-corrected chi connectivity index (χ4v) is 3.87. The molecule has 0 amide bonds. The number of halogens is 3. The number of para-hydroxylation sites is 1. The van der Waals surface area contributed by atoms with E-state index in [2.05, 4.69) is 21.7 Å². The predicted octanol–water partition coefficient (Wildman–Crippen LogP) is 8.15. The van der Waals surface area contributed by atoms with Crippen LogP contribution in [0.4, 0.5) is 18.9 Å². The topological polar surface area (TPSA) is 53.9 Å². The number of benzene rings is 3. The number of nitrogens with zero attached hydrogens (tertiary/aromatic N) is 2. The van der Waals surface area contributed by atoms with Crippen LogP contribution in [-0.4, -0.2) is 23.7 Å². The van der Waals surface area contributed by atoms with Crippen molar-refractivity contribution in [1.82, 2.24) is 10.4 Å². The molecule has 0 unspecified atom stereocenters. The minimum Gasteiger partial charge on any atom is -0.496 e. The first-order valence-corrected chi connectivity index (χ1v) is 12.6. The molecule has 8 heteroatoms. The summed E-state index contributed by atoms with van der Waals surface area (Å²) in [7, 11) is 1.23. The number of allylic oxidation sites excluding steroid dienone is 3. The number of ether oxygens (including phenoxy) is 1. The highest BCUT2D eigenvalue weighted by molar-refractivity contribution is 5.94. The van der Waals surface area contributed by atoms with Gasteiger partial charge in [0, 0.05) is 11.1 Å². The molecular weight excluding hydrogens is 515 g/mol. The van der Waals surface area contributed by atoms with Gasteiger partial charge in [-0.15, -0.1) is 0 Å². The molecule has 0 saturated heterocycles. The van der Waals surface area contributed by atoms with Gasteiger partial charge in [0.05, 0.1) is 29.8 Å². The van der Waals surface area contributed by atoms with Crippen LogP contribution in [0.15, 0.2) is 108 Å². The number of aliphatic imine (C=N–C) groups is 1. The van der Waals surface area contributed by atoms with Crippen molar-refractivity contribution in [2.45, 2.75) is 33.4 Å². The smallest absolute Gasteiger partial charge is 0.419 e. The number of aryl methyl sites for hydroxylation is 1. The molecule has 0 bridgehead atoms. The second kappa shape index (κ2) is 13.5. The lowest BCUT2D eigenvalue weighted by atomic mass is 10.0. The Labute approximate surface area is 233 Å². The molecule has 0 radical (unpaired) electrons. The van der Waals surface area contributed by atoms with Crippen LogP contribution < -0.4 is 10.2 Å². The van der Waals surface area contributed by atoms with Crippen LogP contribution in [0.5, 0.6) is 5.75 Å². The van der Waals surface area contributed by atoms with Crippen LogP contribution in [0.1, 0.15) is 47.8 Å². The Kier molecular flexibility index (Phi) is 10.1. The zero-order valence-electron chi connectivity index (χ0n) is 22.9. The standard InChI is InChI=1S/C22H21N3O.C10H11F3O/c1-16-8-7-11-22(20-14-12-19(13-15-20)17(2)26)25(16)24-18(3)23-21-9-5-4-6-10-21;1-3-7-4-5-9(14-2)8(6-7)10(11,12)13/h4-15H,1H2,2-3H3,(H,23,24);4-6H,3H2,1-2H3. The molecule has 0 aliphatic carbocycles. The lowest BCUT2D eigenvalue weighted by Crippen LogP contribution is -2.39. The van der Waals surface area contributed by atoms with E-state index >= 15 is 0 Å². The van der Waals surface area contributed by atoms with Gasteiger partial charge < -0.3 is 4.74 Å². The molecule has 1 aliphatic heterocycles. The van der Waals surface area contributed by atoms with E-state index in [1.807, 2.05) is 91.7 Å². The van der Waals surface area contributed by atoms with Crippen molar-refractivity contribution in [3.05, 3.63) is 126 Å². The summed E-state index contributed by atoms with van der Waals surface area (Å²) in [5.41, 5.74) is 7.55. The number of amidine groups is 1. The summed E-state index contributed by atoms with van der Waals surface area (Å²) in [5, 5.41) is 1.89. The molecule has 5 nitrogen and oxygen atoms in total. The van der Waals surface area contributed by atoms with Crippen molar-refractivity contribution in [2.75, 3.05) is 7.11 Å². The monoisotopic (exact) mass is 547 g/mol. The van der Waals surface area contributed by atoms with Crippen LogP contribution in [0.3, 0.4) is 0 Å². The quantitative estimate of drug-likeness (QED) is 0.192. The lowest BCUT2D eigenvalue weighted by molar-refractivity contribution is -0.138. The predicted molar refractivity (Wildman–Crippen MR) is 154 cm³/mol. The van der Waals surface area contributed by atoms with E-state index in [1.165, 1.54) is 13.2 Å². The van der Waals surface area contributed by atoms with Gasteiger partial charge in [-0.1, -0.05) is 68.1 Å². The number of hydrazine groups is 1. The third-order valence-electron chi connectivity index (χ3n) is 5.96. The van der Waals surface area contributed by atoms with Gasteiger partial charge in [0.2, 0.25) is 0 Å². The van der Waals surface area contributed by atoms with Crippen LogP contribution >= 0.6 is 0 Å². The molecule has 0 aromatic heterocycles. The van der Waals surface area contributed by atoms with Crippen molar-refractivity contribution < 1.29 is 22.7 Å². The molecule has 4 rings (SSSR count). The van der Waals surface area contributed by atoms with Gasteiger partial charge in [0.15, 0.2) is 5.78 Å². The zero-order valence-corrected chi connectivity index (χ0v) is 22.9. The molecule has 40 heavy (non-hydrogen) atoms. The number of carbonyl (C=O) groups is 1. The van der Waals surface area contributed by atoms with Gasteiger partial charge in [-0.25, -0.2) is 4.99 Å². The van der Waals surface area contributed by atoms with Gasteiger partial charge in [0.25, 0.3) is 0 Å². The maximum absolute atomic E-state index is 12.5. The first-order valence-electron chi connectivity index (χ1n) is 12.6. The lowest BCUT2D eigenvalue weighted by Gasteiger charge is -2.31. The molecule has 0 saturated carbocycles. The van der Waals surface area contributed by atoms with E-state index in [9.17, 15) is 18.0 Å². The summed E-state index contributed by atoms with van der Waals surface area (Å²) in [5.74, 6) is 0.674. The van der Waals surface area contributed by atoms with Crippen LogP contribution in [0.25, 0.3) is 5.70 Å². The van der Waals surface area contributed by atoms with Gasteiger partial charge in [-0.05, 0) is 62.2 Å². The normalized spacial score (nSPS) is 13.3. The summed E-state index contributed by atoms with van der Waals surface area (Å²) in [4.78, 5) is 16.1. The number of nitrogens with one attached hydrogen (secondary N) is 1. The third-order valence-corrected chi connectivity index (χ3v) is 5.96. The summed E-state index contributed by atoms with van der Waals surface area (Å²) >= 11 is 0. The number of carbonyl (C=O) groups excluding carboxylic acids is 1. The molecule has 3 aromatic rings. The van der Waals surface area contributed by atoms with Crippen molar-refractivity contribution in [1.29, 1.82) is 0 Å². The molecule has 1 aliphatic rings. The summed E-state index contributed by atoms with van der Waals surface area (Å²) in [6.45, 7) is 9.39. The van der Waals surface area contributed by atoms with Gasteiger partial charge in [0.1, 0.15) is 11.6 Å². The second-order valence-electron chi connectivity index (χ2n) is 8.90. The Morgan fingerprint density at radius 2 is 1.70 bits per heavy atom. The van der Waals surface area contributed by atoms with Gasteiger partial charge >= 0.3 is 6.18 Å². The fourth-order valence-electron chi connectivity index (χ4n) is 3.87. The van der Waals surface area contributed by atoms with Crippen molar-refractivity contribution >= 4 is 23.0 Å². The first-order chi connectivity index (χ1) is 19.0. The minimum atomic E-state index is -4.35. The average Bonchev–Trinajstić information content (AvgIpc) is 2.94. The number of methoxy groups -OCH3 is 1. The highest BCUT2D eigenvalue weighted by atomic mass is 19.4. The molecular formula is C32H32F3N3O2. The van der Waals surface area contributed by atoms with E-state index < -0.39 is 11.7 Å². The first kappa shape index (κ1) is 30.0. The average molecular weight is 548 g/mol. The SMILES string of the molecule is C=C1C=CC=C(c2ccc(C(C)=O)cc2)N1NC(C)=Nc1ccccc1.CCc1ccc(OC)c(C(F)(F)F)c1. The number of rotatable bonds is 6. The molecule has 208 valence electrons. The Bertz CT molecular complexity index is 1420. The Morgan fingerprint density at radius 1 is 1.02 bits per heavy atom. The fraction of sp³-hybridized carbons (Fsp3) is 0.188. The van der Waals surface area contributed by atoms with Crippen molar-refractivity contribution in [3.63, 3.8) is 0 Å². The molecule has 1 heterocycles. The Balaban J connectivity index is 0.000000267. The van der Waals surface area contributed by atoms with Crippen LogP contribution in [0.2, 0.25) is 0 Å². The third kappa shape index (κ3) is 7.96. The number of Topliss-reactive ketones (excluding diaryl/α,β-unsaturated/α-hetero) is 1. The van der Waals surface area contributed by atoms with Gasteiger partial charge in [-0.3, -0.25) is 15.2 Å². The molecule has 3 aromatic carbocycles. The van der Waals surface area contributed by atoms with E-state index in [0.717, 1.165) is 34.5 Å². The Morgan fingerprint density at radius 3 is 2.27 bits per heavy atom. The van der Waals surface area contributed by atoms with Crippen LogP contribution in [-0.2, 0) is 12.6 Å². The highest BCUT2D eigenvalue weighted by Gasteiger charge is 2.34. The van der Waals surface area contributed by atoms with Crippen molar-refractivity contribution in [2.24, 2.45) is 4.99 Å². The molecule has 0 spiro atoms. The van der Waals surface area contributed by atoms with Crippen LogP contribution in [0, 0.1) is 0 Å². The second-order valence-corrected chi connectivity index (χ2v) is 8.90. The largest absolute Gasteiger partial charge is 0.496 e. The maximum Gasteiger partial charge on any atom is 0.419 e. The Hall–Kier alpha value is -4.59. The molecule has 0 atom stereocenters. The highest BCUT2D eigenvalue weighted by Crippen LogP contribution is 2.36. The van der Waals surface area contributed by atoms with Gasteiger partial charge in [-0.2, -0.15) is 13.2 Å². The zero-order chi connectivity index (χ0) is 29.3. The number of alkyl halides is 3.